The van der Waals surface area contributed by atoms with Gasteiger partial charge < -0.3 is 0 Å². The van der Waals surface area contributed by atoms with Gasteiger partial charge in [0, 0.05) is 44.0 Å². The molecule has 7 aromatic carbocycles. The number of hydrogen-bond donors (Lipinski definition) is 0. The van der Waals surface area contributed by atoms with Gasteiger partial charge in [-0.25, -0.2) is 19.9 Å². The summed E-state index contributed by atoms with van der Waals surface area (Å²) in [7, 11) is 0. The van der Waals surface area contributed by atoms with Gasteiger partial charge in [0.1, 0.15) is 0 Å². The normalized spacial score (nSPS) is 11.3. The Morgan fingerprint density at radius 3 is 1.50 bits per heavy atom. The van der Waals surface area contributed by atoms with Crippen LogP contribution in [0.3, 0.4) is 0 Å². The number of fused-ring (bicyclic) bond motifs is 5. The number of hydrogen-bond acceptors (Lipinski definition) is 4. The van der Waals surface area contributed by atoms with E-state index in [1.807, 2.05) is 48.5 Å². The molecule has 0 N–H and O–H groups in total. The molecular formula is C50H32N4. The lowest BCUT2D eigenvalue weighted by Crippen LogP contribution is -1.96. The number of rotatable bonds is 6. The lowest BCUT2D eigenvalue weighted by Gasteiger charge is -2.14. The highest BCUT2D eigenvalue weighted by molar-refractivity contribution is 6.21. The van der Waals surface area contributed by atoms with Crippen molar-refractivity contribution in [1.82, 2.24) is 19.9 Å². The molecule has 4 nitrogen and oxygen atoms in total. The van der Waals surface area contributed by atoms with Crippen molar-refractivity contribution in [3.05, 3.63) is 194 Å². The van der Waals surface area contributed by atoms with Crippen LogP contribution >= 0.6 is 0 Å². The van der Waals surface area contributed by atoms with Crippen LogP contribution in [-0.4, -0.2) is 19.9 Å². The predicted octanol–water partition coefficient (Wildman–Crippen LogP) is 12.7. The fourth-order valence-electron chi connectivity index (χ4n) is 7.39. The molecular weight excluding hydrogens is 657 g/mol. The van der Waals surface area contributed by atoms with E-state index in [9.17, 15) is 0 Å². The summed E-state index contributed by atoms with van der Waals surface area (Å²) in [5.74, 6) is 0.701. The summed E-state index contributed by atoms with van der Waals surface area (Å²) >= 11 is 0. The zero-order valence-electron chi connectivity index (χ0n) is 29.3. The molecule has 10 rings (SSSR count). The molecule has 4 heteroatoms. The van der Waals surface area contributed by atoms with Crippen molar-refractivity contribution in [2.24, 2.45) is 0 Å². The third-order valence-electron chi connectivity index (χ3n) is 10.1. The molecule has 0 saturated heterocycles. The first kappa shape index (κ1) is 31.4. The zero-order valence-corrected chi connectivity index (χ0v) is 29.3. The number of nitrogens with zero attached hydrogens (tertiary/aromatic N) is 4. The third-order valence-corrected chi connectivity index (χ3v) is 10.1. The van der Waals surface area contributed by atoms with Gasteiger partial charge in [0.15, 0.2) is 5.82 Å². The summed E-state index contributed by atoms with van der Waals surface area (Å²) in [4.78, 5) is 20.6. The predicted molar refractivity (Wildman–Crippen MR) is 223 cm³/mol. The fraction of sp³-hybridized carbons (Fsp3) is 0. The van der Waals surface area contributed by atoms with Crippen molar-refractivity contribution < 1.29 is 0 Å². The van der Waals surface area contributed by atoms with E-state index in [-0.39, 0.29) is 0 Å². The van der Waals surface area contributed by atoms with Gasteiger partial charge in [0.2, 0.25) is 0 Å². The second-order valence-electron chi connectivity index (χ2n) is 13.5. The van der Waals surface area contributed by atoms with Crippen LogP contribution in [0.4, 0.5) is 0 Å². The Kier molecular flexibility index (Phi) is 7.77. The average molecular weight is 689 g/mol. The van der Waals surface area contributed by atoms with Crippen LogP contribution < -0.4 is 0 Å². The molecule has 0 bridgehead atoms. The van der Waals surface area contributed by atoms with Gasteiger partial charge in [0.05, 0.1) is 33.8 Å². The van der Waals surface area contributed by atoms with Gasteiger partial charge in [0.25, 0.3) is 0 Å². The van der Waals surface area contributed by atoms with Gasteiger partial charge in [-0.05, 0) is 52.9 Å². The Balaban J connectivity index is 1.11. The monoisotopic (exact) mass is 688 g/mol. The van der Waals surface area contributed by atoms with Crippen molar-refractivity contribution in [2.45, 2.75) is 0 Å². The molecule has 252 valence electrons. The Bertz CT molecular complexity index is 2910. The lowest BCUT2D eigenvalue weighted by atomic mass is 9.94. The Hall–Kier alpha value is -7.30. The van der Waals surface area contributed by atoms with E-state index in [1.165, 1.54) is 0 Å². The molecule has 0 radical (unpaired) electrons. The number of pyridine rings is 2. The highest BCUT2D eigenvalue weighted by Crippen LogP contribution is 2.39. The second kappa shape index (κ2) is 13.4. The molecule has 3 aromatic heterocycles. The van der Waals surface area contributed by atoms with Crippen molar-refractivity contribution in [3.8, 4) is 67.5 Å². The van der Waals surface area contributed by atoms with Gasteiger partial charge in [-0.1, -0.05) is 158 Å². The van der Waals surface area contributed by atoms with Crippen molar-refractivity contribution >= 4 is 32.6 Å². The molecule has 0 atom stereocenters. The number of benzene rings is 7. The van der Waals surface area contributed by atoms with E-state index in [0.29, 0.717) is 5.82 Å². The highest BCUT2D eigenvalue weighted by atomic mass is 14.9. The smallest absolute Gasteiger partial charge is 0.160 e. The summed E-state index contributed by atoms with van der Waals surface area (Å²) in [5, 5.41) is 4.46. The zero-order chi connectivity index (χ0) is 35.8. The first-order valence-corrected chi connectivity index (χ1v) is 18.1. The van der Waals surface area contributed by atoms with Gasteiger partial charge >= 0.3 is 0 Å². The second-order valence-corrected chi connectivity index (χ2v) is 13.5. The number of aromatic nitrogens is 4. The van der Waals surface area contributed by atoms with Crippen LogP contribution in [0.15, 0.2) is 194 Å². The van der Waals surface area contributed by atoms with Gasteiger partial charge in [-0.2, -0.15) is 0 Å². The minimum atomic E-state index is 0.701. The van der Waals surface area contributed by atoms with Crippen LogP contribution in [0.5, 0.6) is 0 Å². The van der Waals surface area contributed by atoms with Crippen LogP contribution in [0.1, 0.15) is 0 Å². The summed E-state index contributed by atoms with van der Waals surface area (Å²) in [5.41, 5.74) is 13.0. The molecule has 54 heavy (non-hydrogen) atoms. The Morgan fingerprint density at radius 2 is 0.796 bits per heavy atom. The third kappa shape index (κ3) is 5.76. The van der Waals surface area contributed by atoms with Crippen LogP contribution in [0.2, 0.25) is 0 Å². The first-order valence-electron chi connectivity index (χ1n) is 18.1. The van der Waals surface area contributed by atoms with E-state index in [1.54, 1.807) is 0 Å². The minimum Gasteiger partial charge on any atom is -0.248 e. The van der Waals surface area contributed by atoms with E-state index in [4.69, 9.17) is 19.9 Å². The van der Waals surface area contributed by atoms with E-state index in [0.717, 1.165) is 94.3 Å². The van der Waals surface area contributed by atoms with Crippen LogP contribution in [0, 0.1) is 0 Å². The molecule has 0 aliphatic carbocycles. The first-order chi connectivity index (χ1) is 26.7. The Morgan fingerprint density at radius 1 is 0.259 bits per heavy atom. The molecule has 0 saturated carbocycles. The fourth-order valence-corrected chi connectivity index (χ4v) is 7.39. The van der Waals surface area contributed by atoms with Crippen molar-refractivity contribution in [1.29, 1.82) is 0 Å². The quantitative estimate of drug-likeness (QED) is 0.163. The summed E-state index contributed by atoms with van der Waals surface area (Å²) in [6.45, 7) is 0. The minimum absolute atomic E-state index is 0.701. The molecule has 0 fully saturated rings. The largest absolute Gasteiger partial charge is 0.248 e. The van der Waals surface area contributed by atoms with E-state index >= 15 is 0 Å². The molecule has 0 amide bonds. The molecule has 0 spiro atoms. The maximum atomic E-state index is 5.41. The topological polar surface area (TPSA) is 51.6 Å². The maximum absolute atomic E-state index is 5.41. The van der Waals surface area contributed by atoms with E-state index < -0.39 is 0 Å². The average Bonchev–Trinajstić information content (AvgIpc) is 3.26. The van der Waals surface area contributed by atoms with Gasteiger partial charge in [-0.3, -0.25) is 0 Å². The van der Waals surface area contributed by atoms with Crippen molar-refractivity contribution in [3.63, 3.8) is 0 Å². The molecule has 0 aliphatic rings. The molecule has 3 heterocycles. The lowest BCUT2D eigenvalue weighted by molar-refractivity contribution is 1.18. The van der Waals surface area contributed by atoms with Gasteiger partial charge in [-0.15, -0.1) is 0 Å². The molecule has 0 aliphatic heterocycles. The SMILES string of the molecule is c1ccc(-c2cc(-c3cccc(-c4ccc5c(c4)nc(-c4ccccc4)c4c6ccc(-c7ccccc7)nc6ccc54)c3)nc(-c3ccccc3)n2)cc1. The summed E-state index contributed by atoms with van der Waals surface area (Å²) < 4.78 is 0. The molecule has 10 aromatic rings. The van der Waals surface area contributed by atoms with Crippen molar-refractivity contribution in [2.75, 3.05) is 0 Å². The van der Waals surface area contributed by atoms with Crippen LogP contribution in [0.25, 0.3) is 100 Å². The Labute approximate surface area is 313 Å². The highest BCUT2D eigenvalue weighted by Gasteiger charge is 2.16. The standard InChI is InChI=1S/C50H32N4/c1-5-14-33(15-6-1)43-28-27-42-44(51-43)29-26-41-40-25-24-38(31-47(40)52-49(48(41)42)35-18-9-3-10-19-35)37-22-13-23-39(30-37)46-32-45(34-16-7-2-8-17-34)53-50(54-46)36-20-11-4-12-21-36/h1-32H. The summed E-state index contributed by atoms with van der Waals surface area (Å²) in [6, 6.07) is 67.3. The van der Waals surface area contributed by atoms with E-state index in [2.05, 4.69) is 146 Å². The maximum Gasteiger partial charge on any atom is 0.160 e. The summed E-state index contributed by atoms with van der Waals surface area (Å²) in [6.07, 6.45) is 0. The molecule has 0 unspecified atom stereocenters. The van der Waals surface area contributed by atoms with Crippen LogP contribution in [-0.2, 0) is 0 Å².